The molecule has 1 unspecified atom stereocenters. The molecule has 0 saturated heterocycles. The molecule has 1 aliphatic heterocycles. The SMILES string of the molecule is N#CC1=C(N)C(c2cccc([N+](=O)[O-])c2)c2c(ccc3ccccc23)O1. The van der Waals surface area contributed by atoms with Crippen LogP contribution >= 0.6 is 0 Å². The van der Waals surface area contributed by atoms with E-state index in [1.807, 2.05) is 36.4 Å². The van der Waals surface area contributed by atoms with E-state index in [1.54, 1.807) is 18.2 Å². The van der Waals surface area contributed by atoms with Crippen LogP contribution in [0.4, 0.5) is 5.69 Å². The standard InChI is InChI=1S/C20H13N3O3/c21-11-17-20(22)18(13-5-3-6-14(10-13)23(24)25)19-15-7-2-1-4-12(15)8-9-16(19)26-17/h1-10,18H,22H2. The molecule has 0 aliphatic carbocycles. The van der Waals surface area contributed by atoms with Gasteiger partial charge in [-0.05, 0) is 22.4 Å². The Balaban J connectivity index is 2.03. The first-order valence-corrected chi connectivity index (χ1v) is 7.93. The Morgan fingerprint density at radius 2 is 1.92 bits per heavy atom. The Morgan fingerprint density at radius 1 is 1.12 bits per heavy atom. The maximum absolute atomic E-state index is 11.2. The quantitative estimate of drug-likeness (QED) is 0.560. The molecule has 0 fully saturated rings. The van der Waals surface area contributed by atoms with E-state index in [-0.39, 0.29) is 17.1 Å². The van der Waals surface area contributed by atoms with Crippen LogP contribution in [0.3, 0.4) is 0 Å². The number of fused-ring (bicyclic) bond motifs is 3. The summed E-state index contributed by atoms with van der Waals surface area (Å²) in [6.07, 6.45) is 0. The van der Waals surface area contributed by atoms with Crippen molar-refractivity contribution in [3.63, 3.8) is 0 Å². The lowest BCUT2D eigenvalue weighted by molar-refractivity contribution is -0.384. The molecule has 1 aliphatic rings. The molecule has 2 N–H and O–H groups in total. The number of hydrogen-bond acceptors (Lipinski definition) is 5. The van der Waals surface area contributed by atoms with Crippen molar-refractivity contribution in [3.8, 4) is 11.8 Å². The van der Waals surface area contributed by atoms with E-state index in [4.69, 9.17) is 10.5 Å². The Morgan fingerprint density at radius 3 is 2.69 bits per heavy atom. The van der Waals surface area contributed by atoms with Crippen LogP contribution in [0, 0.1) is 21.4 Å². The fourth-order valence-corrected chi connectivity index (χ4v) is 3.37. The van der Waals surface area contributed by atoms with E-state index in [0.29, 0.717) is 11.3 Å². The zero-order valence-corrected chi connectivity index (χ0v) is 13.5. The maximum atomic E-state index is 11.2. The maximum Gasteiger partial charge on any atom is 0.269 e. The molecule has 0 aromatic heterocycles. The Bertz CT molecular complexity index is 1130. The van der Waals surface area contributed by atoms with Gasteiger partial charge in [-0.25, -0.2) is 0 Å². The molecule has 0 amide bonds. The summed E-state index contributed by atoms with van der Waals surface area (Å²) in [6.45, 7) is 0. The minimum atomic E-state index is -0.501. The lowest BCUT2D eigenvalue weighted by Crippen LogP contribution is -2.22. The number of nitriles is 1. The van der Waals surface area contributed by atoms with Crippen LogP contribution in [-0.4, -0.2) is 4.92 Å². The first-order chi connectivity index (χ1) is 12.6. The van der Waals surface area contributed by atoms with Crippen LogP contribution in [0.2, 0.25) is 0 Å². The zero-order valence-electron chi connectivity index (χ0n) is 13.5. The normalized spacial score (nSPS) is 15.9. The number of nitrogens with zero attached hydrogens (tertiary/aromatic N) is 2. The second-order valence-electron chi connectivity index (χ2n) is 5.98. The highest BCUT2D eigenvalue weighted by Crippen LogP contribution is 2.45. The summed E-state index contributed by atoms with van der Waals surface area (Å²) in [6, 6.07) is 19.8. The van der Waals surface area contributed by atoms with Gasteiger partial charge >= 0.3 is 0 Å². The molecule has 126 valence electrons. The van der Waals surface area contributed by atoms with Gasteiger partial charge in [-0.3, -0.25) is 10.1 Å². The highest BCUT2D eigenvalue weighted by atomic mass is 16.6. The van der Waals surface area contributed by atoms with Crippen LogP contribution in [0.1, 0.15) is 17.0 Å². The smallest absolute Gasteiger partial charge is 0.269 e. The Hall–Kier alpha value is -3.85. The third-order valence-electron chi connectivity index (χ3n) is 4.52. The van der Waals surface area contributed by atoms with Gasteiger partial charge in [-0.15, -0.1) is 0 Å². The van der Waals surface area contributed by atoms with E-state index in [1.165, 1.54) is 12.1 Å². The zero-order chi connectivity index (χ0) is 18.3. The van der Waals surface area contributed by atoms with Gasteiger partial charge in [0.05, 0.1) is 16.5 Å². The third-order valence-corrected chi connectivity index (χ3v) is 4.52. The fraction of sp³-hybridized carbons (Fsp3) is 0.0500. The van der Waals surface area contributed by atoms with E-state index < -0.39 is 10.8 Å². The van der Waals surface area contributed by atoms with Gasteiger partial charge in [0.15, 0.2) is 0 Å². The highest BCUT2D eigenvalue weighted by molar-refractivity contribution is 5.90. The van der Waals surface area contributed by atoms with Gasteiger partial charge in [0.25, 0.3) is 5.69 Å². The van der Waals surface area contributed by atoms with Crippen LogP contribution < -0.4 is 10.5 Å². The minimum absolute atomic E-state index is 0.0179. The summed E-state index contributed by atoms with van der Waals surface area (Å²) in [4.78, 5) is 10.7. The lowest BCUT2D eigenvalue weighted by atomic mass is 9.83. The van der Waals surface area contributed by atoms with E-state index in [9.17, 15) is 15.4 Å². The first kappa shape index (κ1) is 15.7. The molecule has 0 saturated carbocycles. The summed E-state index contributed by atoms with van der Waals surface area (Å²) in [5.41, 5.74) is 7.93. The van der Waals surface area contributed by atoms with Crippen molar-refractivity contribution < 1.29 is 9.66 Å². The molecule has 1 heterocycles. The molecule has 6 heteroatoms. The molecule has 4 rings (SSSR count). The van der Waals surface area contributed by atoms with E-state index in [2.05, 4.69) is 0 Å². The van der Waals surface area contributed by atoms with Crippen molar-refractivity contribution in [2.75, 3.05) is 0 Å². The van der Waals surface area contributed by atoms with Gasteiger partial charge < -0.3 is 10.5 Å². The summed E-state index contributed by atoms with van der Waals surface area (Å²) in [5, 5.41) is 22.5. The number of nitro groups is 1. The number of nitro benzene ring substituents is 1. The number of ether oxygens (including phenoxy) is 1. The molecule has 1 atom stereocenters. The molecule has 26 heavy (non-hydrogen) atoms. The molecule has 0 bridgehead atoms. The number of non-ortho nitro benzene ring substituents is 1. The molecule has 0 spiro atoms. The predicted molar refractivity (Wildman–Crippen MR) is 96.3 cm³/mol. The van der Waals surface area contributed by atoms with Crippen molar-refractivity contribution >= 4 is 16.5 Å². The van der Waals surface area contributed by atoms with Crippen molar-refractivity contribution in [1.82, 2.24) is 0 Å². The summed E-state index contributed by atoms with van der Waals surface area (Å²) < 4.78 is 5.69. The third kappa shape index (κ3) is 2.34. The van der Waals surface area contributed by atoms with Crippen LogP contribution in [0.5, 0.6) is 5.75 Å². The summed E-state index contributed by atoms with van der Waals surface area (Å²) in [5.74, 6) is 0.0506. The Labute approximate surface area is 148 Å². The molecular formula is C20H13N3O3. The number of benzene rings is 3. The van der Waals surface area contributed by atoms with Crippen LogP contribution in [0.25, 0.3) is 10.8 Å². The van der Waals surface area contributed by atoms with Crippen molar-refractivity contribution in [3.05, 3.63) is 93.4 Å². The molecule has 3 aromatic rings. The molecular weight excluding hydrogens is 330 g/mol. The van der Waals surface area contributed by atoms with Crippen LogP contribution in [-0.2, 0) is 0 Å². The average Bonchev–Trinajstić information content (AvgIpc) is 2.67. The predicted octanol–water partition coefficient (Wildman–Crippen LogP) is 3.97. The van der Waals surface area contributed by atoms with Gasteiger partial charge in [0.1, 0.15) is 11.8 Å². The lowest BCUT2D eigenvalue weighted by Gasteiger charge is -2.28. The van der Waals surface area contributed by atoms with E-state index in [0.717, 1.165) is 16.3 Å². The van der Waals surface area contributed by atoms with Gasteiger partial charge in [-0.2, -0.15) is 5.26 Å². The van der Waals surface area contributed by atoms with Crippen molar-refractivity contribution in [2.24, 2.45) is 5.73 Å². The monoisotopic (exact) mass is 343 g/mol. The fourth-order valence-electron chi connectivity index (χ4n) is 3.37. The molecule has 6 nitrogen and oxygen atoms in total. The number of allylic oxidation sites excluding steroid dienone is 2. The van der Waals surface area contributed by atoms with Crippen LogP contribution in [0.15, 0.2) is 72.1 Å². The number of hydrogen-bond donors (Lipinski definition) is 1. The summed E-state index contributed by atoms with van der Waals surface area (Å²) in [7, 11) is 0. The Kier molecular flexibility index (Phi) is 3.55. The first-order valence-electron chi connectivity index (χ1n) is 7.93. The van der Waals surface area contributed by atoms with Crippen molar-refractivity contribution in [2.45, 2.75) is 5.92 Å². The van der Waals surface area contributed by atoms with Crippen molar-refractivity contribution in [1.29, 1.82) is 5.26 Å². The molecule has 0 radical (unpaired) electrons. The highest BCUT2D eigenvalue weighted by Gasteiger charge is 2.32. The van der Waals surface area contributed by atoms with Gasteiger partial charge in [0.2, 0.25) is 5.76 Å². The largest absolute Gasteiger partial charge is 0.444 e. The van der Waals surface area contributed by atoms with E-state index >= 15 is 0 Å². The number of nitrogens with two attached hydrogens (primary N) is 1. The summed E-state index contributed by atoms with van der Waals surface area (Å²) >= 11 is 0. The van der Waals surface area contributed by atoms with Gasteiger partial charge in [0, 0.05) is 17.7 Å². The average molecular weight is 343 g/mol. The minimum Gasteiger partial charge on any atom is -0.444 e. The topological polar surface area (TPSA) is 102 Å². The molecule has 3 aromatic carbocycles. The second kappa shape index (κ2) is 5.90. The van der Waals surface area contributed by atoms with Gasteiger partial charge in [-0.1, -0.05) is 42.5 Å². The number of rotatable bonds is 2. The second-order valence-corrected chi connectivity index (χ2v) is 5.98.